The number of hydrogen-bond donors (Lipinski definition) is 1. The third kappa shape index (κ3) is 3.30. The summed E-state index contributed by atoms with van der Waals surface area (Å²) in [7, 11) is 0. The molecule has 1 aromatic carbocycles. The summed E-state index contributed by atoms with van der Waals surface area (Å²) >= 11 is 0. The first-order valence-corrected chi connectivity index (χ1v) is 8.28. The third-order valence-electron chi connectivity index (χ3n) is 4.91. The maximum atomic E-state index is 12.2. The number of ether oxygens (including phenoxy) is 1. The third-order valence-corrected chi connectivity index (χ3v) is 4.91. The molecule has 23 heavy (non-hydrogen) atoms. The number of benzene rings is 1. The van der Waals surface area contributed by atoms with Gasteiger partial charge in [0.1, 0.15) is 0 Å². The Morgan fingerprint density at radius 1 is 1.09 bits per heavy atom. The Morgan fingerprint density at radius 3 is 2.61 bits per heavy atom. The van der Waals surface area contributed by atoms with Crippen molar-refractivity contribution in [2.45, 2.75) is 32.2 Å². The van der Waals surface area contributed by atoms with E-state index in [1.807, 2.05) is 0 Å². The topological polar surface area (TPSA) is 45.3 Å². The van der Waals surface area contributed by atoms with Crippen LogP contribution in [-0.2, 0) is 24.1 Å². The summed E-state index contributed by atoms with van der Waals surface area (Å²) in [5.41, 5.74) is 4.73. The van der Waals surface area contributed by atoms with Crippen molar-refractivity contribution in [1.82, 2.24) is 9.88 Å². The second kappa shape index (κ2) is 7.04. The molecule has 0 atom stereocenters. The molecular formula is C18H23ClN2O2. The SMILES string of the molecule is Cl.O=c1[nH]c2ccc(CN3CCOCC3)cc2c2c1CCCC2. The van der Waals surface area contributed by atoms with Crippen molar-refractivity contribution in [3.8, 4) is 0 Å². The maximum Gasteiger partial charge on any atom is 0.251 e. The van der Waals surface area contributed by atoms with Crippen LogP contribution in [0.4, 0.5) is 0 Å². The summed E-state index contributed by atoms with van der Waals surface area (Å²) in [6, 6.07) is 6.50. The van der Waals surface area contributed by atoms with Crippen molar-refractivity contribution in [1.29, 1.82) is 0 Å². The molecule has 1 saturated heterocycles. The number of nitrogens with zero attached hydrogens (tertiary/aromatic N) is 1. The van der Waals surface area contributed by atoms with E-state index in [1.165, 1.54) is 22.9 Å². The van der Waals surface area contributed by atoms with Crippen LogP contribution >= 0.6 is 12.4 Å². The minimum atomic E-state index is 0. The number of halogens is 1. The highest BCUT2D eigenvalue weighted by Gasteiger charge is 2.17. The monoisotopic (exact) mass is 334 g/mol. The summed E-state index contributed by atoms with van der Waals surface area (Å²) in [6.45, 7) is 4.63. The number of H-pyrrole nitrogens is 1. The molecule has 0 spiro atoms. The van der Waals surface area contributed by atoms with Crippen LogP contribution in [-0.4, -0.2) is 36.2 Å². The van der Waals surface area contributed by atoms with Gasteiger partial charge in [0.25, 0.3) is 5.56 Å². The Balaban J connectivity index is 0.00000156. The van der Waals surface area contributed by atoms with Crippen LogP contribution in [0.2, 0.25) is 0 Å². The van der Waals surface area contributed by atoms with Gasteiger partial charge in [0.05, 0.1) is 13.2 Å². The second-order valence-corrected chi connectivity index (χ2v) is 6.39. The van der Waals surface area contributed by atoms with Crippen LogP contribution in [0, 0.1) is 0 Å². The van der Waals surface area contributed by atoms with Crippen LogP contribution in [0.25, 0.3) is 10.9 Å². The van der Waals surface area contributed by atoms with Gasteiger partial charge in [-0.15, -0.1) is 12.4 Å². The summed E-state index contributed by atoms with van der Waals surface area (Å²) in [4.78, 5) is 17.7. The van der Waals surface area contributed by atoms with Gasteiger partial charge in [0.15, 0.2) is 0 Å². The maximum absolute atomic E-state index is 12.2. The van der Waals surface area contributed by atoms with E-state index < -0.39 is 0 Å². The summed E-state index contributed by atoms with van der Waals surface area (Å²) in [5.74, 6) is 0. The zero-order valence-corrected chi connectivity index (χ0v) is 14.1. The Bertz CT molecular complexity index is 751. The van der Waals surface area contributed by atoms with Crippen LogP contribution in [0.15, 0.2) is 23.0 Å². The number of pyridine rings is 1. The van der Waals surface area contributed by atoms with Gasteiger partial charge >= 0.3 is 0 Å². The van der Waals surface area contributed by atoms with Gasteiger partial charge in [0.2, 0.25) is 0 Å². The van der Waals surface area contributed by atoms with E-state index in [1.54, 1.807) is 0 Å². The smallest absolute Gasteiger partial charge is 0.251 e. The quantitative estimate of drug-likeness (QED) is 0.918. The summed E-state index contributed by atoms with van der Waals surface area (Å²) < 4.78 is 5.41. The normalized spacial score (nSPS) is 18.4. The number of nitrogens with one attached hydrogen (secondary N) is 1. The number of aromatic amines is 1. The van der Waals surface area contributed by atoms with Crippen molar-refractivity contribution in [3.63, 3.8) is 0 Å². The molecule has 0 unspecified atom stereocenters. The average Bonchev–Trinajstić information content (AvgIpc) is 2.57. The van der Waals surface area contributed by atoms with E-state index in [2.05, 4.69) is 28.1 Å². The van der Waals surface area contributed by atoms with E-state index in [9.17, 15) is 4.79 Å². The number of fused-ring (bicyclic) bond motifs is 3. The lowest BCUT2D eigenvalue weighted by molar-refractivity contribution is 0.0342. The van der Waals surface area contributed by atoms with Gasteiger partial charge in [-0.1, -0.05) is 6.07 Å². The van der Waals surface area contributed by atoms with Crippen LogP contribution < -0.4 is 5.56 Å². The summed E-state index contributed by atoms with van der Waals surface area (Å²) in [6.07, 6.45) is 4.29. The molecule has 2 aliphatic rings. The first-order valence-electron chi connectivity index (χ1n) is 8.28. The van der Waals surface area contributed by atoms with Gasteiger partial charge < -0.3 is 9.72 Å². The fourth-order valence-corrected chi connectivity index (χ4v) is 3.72. The second-order valence-electron chi connectivity index (χ2n) is 6.39. The molecule has 1 aliphatic heterocycles. The molecule has 1 aromatic heterocycles. The molecule has 2 aromatic rings. The number of aryl methyl sites for hydroxylation is 1. The van der Waals surface area contributed by atoms with E-state index in [-0.39, 0.29) is 18.0 Å². The molecule has 0 saturated carbocycles. The number of hydrogen-bond acceptors (Lipinski definition) is 3. The van der Waals surface area contributed by atoms with Gasteiger partial charge in [-0.25, -0.2) is 0 Å². The first-order chi connectivity index (χ1) is 10.8. The molecule has 1 aliphatic carbocycles. The highest BCUT2D eigenvalue weighted by Crippen LogP contribution is 2.26. The van der Waals surface area contributed by atoms with Crippen LogP contribution in [0.3, 0.4) is 0 Å². The molecule has 0 amide bonds. The molecular weight excluding hydrogens is 312 g/mol. The minimum absolute atomic E-state index is 0. The fraction of sp³-hybridized carbons (Fsp3) is 0.500. The van der Waals surface area contributed by atoms with Crippen LogP contribution in [0.5, 0.6) is 0 Å². The highest BCUT2D eigenvalue weighted by molar-refractivity contribution is 5.85. The van der Waals surface area contributed by atoms with Gasteiger partial charge in [-0.3, -0.25) is 9.69 Å². The van der Waals surface area contributed by atoms with E-state index >= 15 is 0 Å². The van der Waals surface area contributed by atoms with Crippen molar-refractivity contribution in [2.24, 2.45) is 0 Å². The van der Waals surface area contributed by atoms with Gasteiger partial charge in [-0.2, -0.15) is 0 Å². The molecule has 0 radical (unpaired) electrons. The molecule has 2 heterocycles. The van der Waals surface area contributed by atoms with E-state index in [0.29, 0.717) is 0 Å². The minimum Gasteiger partial charge on any atom is -0.379 e. The fourth-order valence-electron chi connectivity index (χ4n) is 3.72. The van der Waals surface area contributed by atoms with E-state index in [0.717, 1.165) is 63.2 Å². The lowest BCUT2D eigenvalue weighted by atomic mass is 9.89. The first kappa shape index (κ1) is 16.5. The predicted molar refractivity (Wildman–Crippen MR) is 94.6 cm³/mol. The van der Waals surface area contributed by atoms with Crippen molar-refractivity contribution < 1.29 is 4.74 Å². The van der Waals surface area contributed by atoms with Crippen molar-refractivity contribution in [2.75, 3.05) is 26.3 Å². The standard InChI is InChI=1S/C18H22N2O2.ClH/c21-18-15-4-2-1-3-14(15)16-11-13(5-6-17(16)19-18)12-20-7-9-22-10-8-20;/h5-6,11H,1-4,7-10,12H2,(H,19,21);1H. The number of morpholine rings is 1. The van der Waals surface area contributed by atoms with Crippen molar-refractivity contribution in [3.05, 3.63) is 45.2 Å². The zero-order chi connectivity index (χ0) is 14.9. The predicted octanol–water partition coefficient (Wildman–Crippen LogP) is 2.66. The Hall–Kier alpha value is -1.36. The molecule has 5 heteroatoms. The summed E-state index contributed by atoms with van der Waals surface area (Å²) in [5, 5.41) is 1.25. The molecule has 4 rings (SSSR count). The van der Waals surface area contributed by atoms with Gasteiger partial charge in [-0.05, 0) is 48.9 Å². The molecule has 4 nitrogen and oxygen atoms in total. The number of rotatable bonds is 2. The molecule has 1 fully saturated rings. The molecule has 0 bridgehead atoms. The Labute approximate surface area is 142 Å². The highest BCUT2D eigenvalue weighted by atomic mass is 35.5. The van der Waals surface area contributed by atoms with Crippen molar-refractivity contribution >= 4 is 23.3 Å². The largest absolute Gasteiger partial charge is 0.379 e. The average molecular weight is 335 g/mol. The van der Waals surface area contributed by atoms with Gasteiger partial charge in [0, 0.05) is 36.1 Å². The Morgan fingerprint density at radius 2 is 1.83 bits per heavy atom. The van der Waals surface area contributed by atoms with Crippen LogP contribution in [0.1, 0.15) is 29.5 Å². The molecule has 1 N–H and O–H groups in total. The zero-order valence-electron chi connectivity index (χ0n) is 13.3. The number of aromatic nitrogens is 1. The van der Waals surface area contributed by atoms with E-state index in [4.69, 9.17) is 4.74 Å². The lowest BCUT2D eigenvalue weighted by Gasteiger charge is -2.26. The Kier molecular flexibility index (Phi) is 5.05. The molecule has 124 valence electrons. The lowest BCUT2D eigenvalue weighted by Crippen LogP contribution is -2.35.